The first-order chi connectivity index (χ1) is 24.8. The number of imide groups is 2. The number of nitrogens with zero attached hydrogens (tertiary/aromatic N) is 2. The third kappa shape index (κ3) is 6.89. The third-order valence-corrected chi connectivity index (χ3v) is 8.88. The highest BCUT2D eigenvalue weighted by atomic mass is 16.5. The first-order valence-electron chi connectivity index (χ1n) is 17.0. The number of ketones is 1. The minimum absolute atomic E-state index is 0.0267. The lowest BCUT2D eigenvalue weighted by molar-refractivity contribution is 0.0478. The Morgan fingerprint density at radius 2 is 0.808 bits per heavy atom. The Hall–Kier alpha value is -6.23. The van der Waals surface area contributed by atoms with Gasteiger partial charge in [-0.3, -0.25) is 24.0 Å². The van der Waals surface area contributed by atoms with Gasteiger partial charge in [0.1, 0.15) is 0 Å². The van der Waals surface area contributed by atoms with Gasteiger partial charge >= 0.3 is 11.9 Å². The van der Waals surface area contributed by atoms with E-state index in [1.54, 1.807) is 0 Å². The van der Waals surface area contributed by atoms with E-state index in [4.69, 9.17) is 9.47 Å². The standard InChI is InChI=1S/C41H36N2O9/c1-23(2)17-19-51-40(49)25-5-11-29(12-6-25)42-36(45)31-15-9-27(21-33(31)38(42)47)35(44)28-10-16-32-34(22-28)39(48)43(37(32)46)30-13-7-26(8-14-30)41(50)52-20-18-24(3)4/h5-16,21-24H,17-20H2,1-4H3. The Morgan fingerprint density at radius 1 is 0.481 bits per heavy atom. The van der Waals surface area contributed by atoms with Crippen molar-refractivity contribution in [2.24, 2.45) is 11.8 Å². The van der Waals surface area contributed by atoms with Crippen molar-refractivity contribution in [2.45, 2.75) is 40.5 Å². The number of hydrogen-bond donors (Lipinski definition) is 0. The topological polar surface area (TPSA) is 144 Å². The molecule has 0 spiro atoms. The van der Waals surface area contributed by atoms with Gasteiger partial charge in [-0.15, -0.1) is 0 Å². The highest BCUT2D eigenvalue weighted by Crippen LogP contribution is 2.32. The highest BCUT2D eigenvalue weighted by molar-refractivity contribution is 6.36. The van der Waals surface area contributed by atoms with E-state index in [1.165, 1.54) is 84.9 Å². The molecule has 0 fully saturated rings. The molecule has 0 bridgehead atoms. The molecule has 0 saturated heterocycles. The molecule has 2 heterocycles. The fourth-order valence-corrected chi connectivity index (χ4v) is 5.83. The molecule has 4 aromatic rings. The molecule has 0 radical (unpaired) electrons. The summed E-state index contributed by atoms with van der Waals surface area (Å²) in [6.45, 7) is 8.66. The maximum absolute atomic E-state index is 13.6. The normalized spacial score (nSPS) is 13.6. The molecule has 11 heteroatoms. The van der Waals surface area contributed by atoms with E-state index in [1.807, 2.05) is 27.7 Å². The van der Waals surface area contributed by atoms with Crippen molar-refractivity contribution in [1.82, 2.24) is 0 Å². The van der Waals surface area contributed by atoms with E-state index < -0.39 is 41.4 Å². The number of carbonyl (C=O) groups is 7. The maximum Gasteiger partial charge on any atom is 0.338 e. The average molecular weight is 701 g/mol. The van der Waals surface area contributed by atoms with Crippen LogP contribution in [0.2, 0.25) is 0 Å². The van der Waals surface area contributed by atoms with E-state index >= 15 is 0 Å². The lowest BCUT2D eigenvalue weighted by Crippen LogP contribution is -2.29. The minimum atomic E-state index is -0.637. The van der Waals surface area contributed by atoms with Gasteiger partial charge in [0.15, 0.2) is 5.78 Å². The van der Waals surface area contributed by atoms with Gasteiger partial charge in [-0.1, -0.05) is 39.8 Å². The first kappa shape index (κ1) is 35.6. The predicted octanol–water partition coefficient (Wildman–Crippen LogP) is 6.92. The van der Waals surface area contributed by atoms with Gasteiger partial charge in [-0.25, -0.2) is 19.4 Å². The second-order valence-corrected chi connectivity index (χ2v) is 13.5. The summed E-state index contributed by atoms with van der Waals surface area (Å²) in [5, 5.41) is 0. The number of hydrogen-bond acceptors (Lipinski definition) is 9. The number of ether oxygens (including phenoxy) is 2. The number of anilines is 2. The molecular weight excluding hydrogens is 664 g/mol. The van der Waals surface area contributed by atoms with Crippen LogP contribution in [0.3, 0.4) is 0 Å². The van der Waals surface area contributed by atoms with E-state index in [9.17, 15) is 33.6 Å². The molecule has 0 N–H and O–H groups in total. The van der Waals surface area contributed by atoms with Gasteiger partial charge in [0, 0.05) is 11.1 Å². The molecule has 6 rings (SSSR count). The summed E-state index contributed by atoms with van der Waals surface area (Å²) < 4.78 is 10.6. The van der Waals surface area contributed by atoms with Crippen LogP contribution in [0.15, 0.2) is 84.9 Å². The van der Waals surface area contributed by atoms with Gasteiger partial charge in [0.05, 0.1) is 58.0 Å². The van der Waals surface area contributed by atoms with Crippen molar-refractivity contribution in [1.29, 1.82) is 0 Å². The van der Waals surface area contributed by atoms with Crippen molar-refractivity contribution < 1.29 is 43.0 Å². The summed E-state index contributed by atoms with van der Waals surface area (Å²) in [5.74, 6) is -3.21. The molecular formula is C41H36N2O9. The number of carbonyl (C=O) groups excluding carboxylic acids is 7. The molecule has 0 saturated carbocycles. The summed E-state index contributed by atoms with van der Waals surface area (Å²) in [4.78, 5) is 93.8. The summed E-state index contributed by atoms with van der Waals surface area (Å²) in [6.07, 6.45) is 1.45. The Balaban J connectivity index is 1.16. The van der Waals surface area contributed by atoms with Gasteiger partial charge in [0.25, 0.3) is 23.6 Å². The van der Waals surface area contributed by atoms with Crippen LogP contribution in [0.25, 0.3) is 0 Å². The lowest BCUT2D eigenvalue weighted by atomic mass is 9.96. The second kappa shape index (κ2) is 14.6. The van der Waals surface area contributed by atoms with Crippen LogP contribution in [0.4, 0.5) is 11.4 Å². The molecule has 0 unspecified atom stereocenters. The fraction of sp³-hybridized carbons (Fsp3) is 0.244. The molecule has 2 aliphatic rings. The van der Waals surface area contributed by atoms with Gasteiger partial charge in [-0.05, 0) is 97.5 Å². The van der Waals surface area contributed by atoms with Crippen LogP contribution < -0.4 is 9.80 Å². The van der Waals surface area contributed by atoms with Gasteiger partial charge in [-0.2, -0.15) is 0 Å². The SMILES string of the molecule is CC(C)CCOC(=O)c1ccc(N2C(=O)c3ccc(C(=O)c4ccc5c(c4)C(=O)N(c4ccc(C(=O)OCCC(C)C)cc4)C5=O)cc3C2=O)cc1. The zero-order valence-electron chi connectivity index (χ0n) is 29.1. The van der Waals surface area contributed by atoms with Crippen LogP contribution in [-0.2, 0) is 9.47 Å². The number of esters is 2. The fourth-order valence-electron chi connectivity index (χ4n) is 5.83. The Kier molecular flexibility index (Phi) is 9.96. The second-order valence-electron chi connectivity index (χ2n) is 13.5. The number of fused-ring (bicyclic) bond motifs is 2. The van der Waals surface area contributed by atoms with E-state index in [-0.39, 0.29) is 69.1 Å². The largest absolute Gasteiger partial charge is 0.462 e. The third-order valence-electron chi connectivity index (χ3n) is 8.88. The quantitative estimate of drug-likeness (QED) is 0.0873. The smallest absolute Gasteiger partial charge is 0.338 e. The molecule has 52 heavy (non-hydrogen) atoms. The van der Waals surface area contributed by atoms with Crippen molar-refractivity contribution in [2.75, 3.05) is 23.0 Å². The zero-order valence-corrected chi connectivity index (χ0v) is 29.1. The number of benzene rings is 4. The van der Waals surface area contributed by atoms with E-state index in [2.05, 4.69) is 0 Å². The molecule has 2 aliphatic heterocycles. The summed E-state index contributed by atoms with van der Waals surface area (Å²) in [7, 11) is 0. The molecule has 4 aromatic carbocycles. The monoisotopic (exact) mass is 700 g/mol. The summed E-state index contributed by atoms with van der Waals surface area (Å²) in [6, 6.07) is 20.2. The van der Waals surface area contributed by atoms with Crippen molar-refractivity contribution in [3.8, 4) is 0 Å². The molecule has 0 aliphatic carbocycles. The van der Waals surface area contributed by atoms with Crippen molar-refractivity contribution in [3.63, 3.8) is 0 Å². The Labute approximate surface area is 300 Å². The molecule has 4 amide bonds. The van der Waals surface area contributed by atoms with Crippen molar-refractivity contribution >= 4 is 52.7 Å². The highest BCUT2D eigenvalue weighted by Gasteiger charge is 2.39. The van der Waals surface area contributed by atoms with Gasteiger partial charge in [0.2, 0.25) is 0 Å². The zero-order chi connectivity index (χ0) is 37.3. The lowest BCUT2D eigenvalue weighted by Gasteiger charge is -2.14. The number of rotatable bonds is 12. The predicted molar refractivity (Wildman–Crippen MR) is 191 cm³/mol. The molecule has 0 aromatic heterocycles. The molecule has 0 atom stereocenters. The average Bonchev–Trinajstić information content (AvgIpc) is 3.53. The Morgan fingerprint density at radius 3 is 1.15 bits per heavy atom. The van der Waals surface area contributed by atoms with Crippen LogP contribution in [-0.4, -0.2) is 54.6 Å². The van der Waals surface area contributed by atoms with Crippen LogP contribution in [0, 0.1) is 11.8 Å². The summed E-state index contributed by atoms with van der Waals surface area (Å²) in [5.41, 5.74) is 1.54. The summed E-state index contributed by atoms with van der Waals surface area (Å²) >= 11 is 0. The van der Waals surface area contributed by atoms with Crippen LogP contribution in [0.5, 0.6) is 0 Å². The van der Waals surface area contributed by atoms with E-state index in [0.29, 0.717) is 11.8 Å². The Bertz CT molecular complexity index is 1980. The van der Waals surface area contributed by atoms with Crippen LogP contribution in [0.1, 0.15) is 119 Å². The van der Waals surface area contributed by atoms with Gasteiger partial charge < -0.3 is 9.47 Å². The van der Waals surface area contributed by atoms with Crippen LogP contribution >= 0.6 is 0 Å². The maximum atomic E-state index is 13.6. The molecule has 264 valence electrons. The first-order valence-corrected chi connectivity index (χ1v) is 17.0. The minimum Gasteiger partial charge on any atom is -0.462 e. The number of amides is 4. The molecule has 11 nitrogen and oxygen atoms in total. The van der Waals surface area contributed by atoms with E-state index in [0.717, 1.165) is 22.6 Å². The van der Waals surface area contributed by atoms with Crippen molar-refractivity contribution in [3.05, 3.63) is 129 Å².